The summed E-state index contributed by atoms with van der Waals surface area (Å²) in [5.74, 6) is 0.765. The molecule has 0 spiro atoms. The first-order chi connectivity index (χ1) is 6.74. The van der Waals surface area contributed by atoms with E-state index in [1.807, 2.05) is 19.1 Å². The summed E-state index contributed by atoms with van der Waals surface area (Å²) >= 11 is 0. The lowest BCUT2D eigenvalue weighted by Crippen LogP contribution is -2.11. The second-order valence-electron chi connectivity index (χ2n) is 3.30. The van der Waals surface area contributed by atoms with Crippen LogP contribution in [0.15, 0.2) is 18.2 Å². The standard InChI is InChI=1S/C11H16FNO/c1-8(7-13)9-4-3-5-11(14-2)10(9)6-12/h3-5,8H,6-7,13H2,1-2H3. The number of rotatable bonds is 4. The number of alkyl halides is 1. The van der Waals surface area contributed by atoms with Gasteiger partial charge in [-0.1, -0.05) is 19.1 Å². The molecule has 0 aliphatic heterocycles. The summed E-state index contributed by atoms with van der Waals surface area (Å²) in [6.45, 7) is 1.98. The van der Waals surface area contributed by atoms with Crippen molar-refractivity contribution >= 4 is 0 Å². The van der Waals surface area contributed by atoms with Gasteiger partial charge < -0.3 is 10.5 Å². The van der Waals surface area contributed by atoms with Crippen LogP contribution in [0, 0.1) is 0 Å². The molecule has 1 rings (SSSR count). The molecule has 1 atom stereocenters. The molecule has 1 unspecified atom stereocenters. The molecule has 0 saturated carbocycles. The topological polar surface area (TPSA) is 35.2 Å². The van der Waals surface area contributed by atoms with Crippen molar-refractivity contribution in [3.8, 4) is 5.75 Å². The molecule has 0 aliphatic rings. The van der Waals surface area contributed by atoms with Gasteiger partial charge in [0.1, 0.15) is 12.4 Å². The van der Waals surface area contributed by atoms with Crippen molar-refractivity contribution in [2.45, 2.75) is 19.5 Å². The maximum absolute atomic E-state index is 12.8. The van der Waals surface area contributed by atoms with E-state index in [1.165, 1.54) is 0 Å². The third-order valence-electron chi connectivity index (χ3n) is 2.41. The van der Waals surface area contributed by atoms with E-state index in [0.29, 0.717) is 17.9 Å². The van der Waals surface area contributed by atoms with Crippen molar-refractivity contribution in [2.24, 2.45) is 5.73 Å². The van der Waals surface area contributed by atoms with Gasteiger partial charge in [-0.05, 0) is 24.1 Å². The third-order valence-corrected chi connectivity index (χ3v) is 2.41. The Hall–Kier alpha value is -1.09. The number of ether oxygens (including phenoxy) is 1. The normalized spacial score (nSPS) is 12.6. The zero-order chi connectivity index (χ0) is 10.6. The first-order valence-corrected chi connectivity index (χ1v) is 4.66. The van der Waals surface area contributed by atoms with Crippen molar-refractivity contribution in [1.82, 2.24) is 0 Å². The molecular weight excluding hydrogens is 181 g/mol. The van der Waals surface area contributed by atoms with Crippen LogP contribution < -0.4 is 10.5 Å². The van der Waals surface area contributed by atoms with Gasteiger partial charge >= 0.3 is 0 Å². The lowest BCUT2D eigenvalue weighted by atomic mass is 9.96. The quantitative estimate of drug-likeness (QED) is 0.803. The molecule has 0 aromatic heterocycles. The Morgan fingerprint density at radius 3 is 2.71 bits per heavy atom. The Balaban J connectivity index is 3.14. The molecule has 0 heterocycles. The SMILES string of the molecule is COc1cccc(C(C)CN)c1CF. The van der Waals surface area contributed by atoms with E-state index in [2.05, 4.69) is 0 Å². The van der Waals surface area contributed by atoms with Gasteiger partial charge in [0, 0.05) is 5.56 Å². The largest absolute Gasteiger partial charge is 0.496 e. The Labute approximate surface area is 83.9 Å². The van der Waals surface area contributed by atoms with Crippen molar-refractivity contribution in [3.05, 3.63) is 29.3 Å². The van der Waals surface area contributed by atoms with Gasteiger partial charge in [0.05, 0.1) is 7.11 Å². The molecule has 78 valence electrons. The van der Waals surface area contributed by atoms with Crippen LogP contribution in [-0.4, -0.2) is 13.7 Å². The summed E-state index contributed by atoms with van der Waals surface area (Å²) in [7, 11) is 1.55. The number of halogens is 1. The van der Waals surface area contributed by atoms with E-state index in [0.717, 1.165) is 5.56 Å². The van der Waals surface area contributed by atoms with Crippen LogP contribution in [-0.2, 0) is 6.67 Å². The minimum absolute atomic E-state index is 0.163. The molecule has 0 radical (unpaired) electrons. The molecule has 0 saturated heterocycles. The first kappa shape index (κ1) is 11.0. The summed E-state index contributed by atoms with van der Waals surface area (Å²) in [6, 6.07) is 5.52. The summed E-state index contributed by atoms with van der Waals surface area (Å²) < 4.78 is 17.9. The molecule has 3 heteroatoms. The summed E-state index contributed by atoms with van der Waals surface area (Å²) in [4.78, 5) is 0. The number of benzene rings is 1. The number of nitrogens with two attached hydrogens (primary N) is 1. The molecule has 1 aromatic rings. The highest BCUT2D eigenvalue weighted by Crippen LogP contribution is 2.28. The van der Waals surface area contributed by atoms with Gasteiger partial charge in [0.2, 0.25) is 0 Å². The zero-order valence-corrected chi connectivity index (χ0v) is 8.59. The van der Waals surface area contributed by atoms with Gasteiger partial charge in [-0.3, -0.25) is 0 Å². The second kappa shape index (κ2) is 4.96. The minimum Gasteiger partial charge on any atom is -0.496 e. The van der Waals surface area contributed by atoms with Crippen molar-refractivity contribution in [3.63, 3.8) is 0 Å². The van der Waals surface area contributed by atoms with Gasteiger partial charge in [-0.2, -0.15) is 0 Å². The fourth-order valence-corrected chi connectivity index (χ4v) is 1.51. The van der Waals surface area contributed by atoms with Crippen LogP contribution in [0.2, 0.25) is 0 Å². The second-order valence-corrected chi connectivity index (χ2v) is 3.30. The number of hydrogen-bond donors (Lipinski definition) is 1. The highest BCUT2D eigenvalue weighted by Gasteiger charge is 2.12. The minimum atomic E-state index is -0.510. The number of hydrogen-bond acceptors (Lipinski definition) is 2. The summed E-state index contributed by atoms with van der Waals surface area (Å²) in [6.07, 6.45) is 0. The third kappa shape index (κ3) is 2.04. The summed E-state index contributed by atoms with van der Waals surface area (Å²) in [5, 5.41) is 0. The predicted molar refractivity (Wildman–Crippen MR) is 55.3 cm³/mol. The van der Waals surface area contributed by atoms with Crippen molar-refractivity contribution in [1.29, 1.82) is 0 Å². The van der Waals surface area contributed by atoms with Gasteiger partial charge in [-0.25, -0.2) is 4.39 Å². The van der Waals surface area contributed by atoms with Crippen LogP contribution in [0.3, 0.4) is 0 Å². The van der Waals surface area contributed by atoms with E-state index < -0.39 is 6.67 Å². The monoisotopic (exact) mass is 197 g/mol. The van der Waals surface area contributed by atoms with Crippen molar-refractivity contribution in [2.75, 3.05) is 13.7 Å². The van der Waals surface area contributed by atoms with E-state index in [4.69, 9.17) is 10.5 Å². The average molecular weight is 197 g/mol. The predicted octanol–water partition coefficient (Wildman–Crippen LogP) is 2.23. The van der Waals surface area contributed by atoms with E-state index >= 15 is 0 Å². The zero-order valence-electron chi connectivity index (χ0n) is 8.59. The summed E-state index contributed by atoms with van der Waals surface area (Å²) in [5.41, 5.74) is 7.11. The molecule has 0 amide bonds. The fraction of sp³-hybridized carbons (Fsp3) is 0.455. The van der Waals surface area contributed by atoms with Crippen LogP contribution >= 0.6 is 0 Å². The van der Waals surface area contributed by atoms with Gasteiger partial charge in [0.25, 0.3) is 0 Å². The molecule has 0 bridgehead atoms. The Kier molecular flexibility index (Phi) is 3.89. The van der Waals surface area contributed by atoms with Crippen LogP contribution in [0.5, 0.6) is 5.75 Å². The van der Waals surface area contributed by atoms with Gasteiger partial charge in [-0.15, -0.1) is 0 Å². The van der Waals surface area contributed by atoms with E-state index in [-0.39, 0.29) is 5.92 Å². The first-order valence-electron chi connectivity index (χ1n) is 4.66. The molecule has 0 fully saturated rings. The molecule has 14 heavy (non-hydrogen) atoms. The highest BCUT2D eigenvalue weighted by molar-refractivity contribution is 5.41. The highest BCUT2D eigenvalue weighted by atomic mass is 19.1. The van der Waals surface area contributed by atoms with Crippen LogP contribution in [0.1, 0.15) is 24.0 Å². The molecule has 2 nitrogen and oxygen atoms in total. The Bertz CT molecular complexity index is 301. The molecule has 2 N–H and O–H groups in total. The Morgan fingerprint density at radius 2 is 2.21 bits per heavy atom. The lowest BCUT2D eigenvalue weighted by Gasteiger charge is -2.15. The van der Waals surface area contributed by atoms with Crippen LogP contribution in [0.25, 0.3) is 0 Å². The maximum atomic E-state index is 12.8. The Morgan fingerprint density at radius 1 is 1.50 bits per heavy atom. The average Bonchev–Trinajstić information content (AvgIpc) is 2.26. The molecule has 0 aliphatic carbocycles. The number of methoxy groups -OCH3 is 1. The van der Waals surface area contributed by atoms with E-state index in [1.54, 1.807) is 13.2 Å². The molecule has 1 aromatic carbocycles. The van der Waals surface area contributed by atoms with Crippen molar-refractivity contribution < 1.29 is 9.13 Å². The maximum Gasteiger partial charge on any atom is 0.124 e. The molecular formula is C11H16FNO. The smallest absolute Gasteiger partial charge is 0.124 e. The van der Waals surface area contributed by atoms with Gasteiger partial charge in [0.15, 0.2) is 0 Å². The van der Waals surface area contributed by atoms with E-state index in [9.17, 15) is 4.39 Å². The fourth-order valence-electron chi connectivity index (χ4n) is 1.51. The van der Waals surface area contributed by atoms with Crippen LogP contribution in [0.4, 0.5) is 4.39 Å². The lowest BCUT2D eigenvalue weighted by molar-refractivity contribution is 0.391.